The van der Waals surface area contributed by atoms with E-state index in [9.17, 15) is 0 Å². The molecule has 0 bridgehead atoms. The van der Waals surface area contributed by atoms with Crippen molar-refractivity contribution in [1.29, 1.82) is 0 Å². The summed E-state index contributed by atoms with van der Waals surface area (Å²) in [4.78, 5) is 2.42. The van der Waals surface area contributed by atoms with E-state index in [1.54, 1.807) is 0 Å². The Morgan fingerprint density at radius 1 is 1.14 bits per heavy atom. The lowest BCUT2D eigenvalue weighted by atomic mass is 10.1. The highest BCUT2D eigenvalue weighted by Gasteiger charge is 2.21. The number of fused-ring (bicyclic) bond motifs is 1. The highest BCUT2D eigenvalue weighted by atomic mass is 16.5. The second-order valence-electron chi connectivity index (χ2n) is 5.55. The molecular weight excluding hydrogens is 260 g/mol. The molecule has 0 saturated heterocycles. The van der Waals surface area contributed by atoms with E-state index in [1.165, 1.54) is 16.9 Å². The molecule has 1 heterocycles. The maximum absolute atomic E-state index is 5.94. The van der Waals surface area contributed by atoms with Gasteiger partial charge in [-0.05, 0) is 37.6 Å². The van der Waals surface area contributed by atoms with Gasteiger partial charge in [-0.2, -0.15) is 0 Å². The predicted molar refractivity (Wildman–Crippen MR) is 88.4 cm³/mol. The van der Waals surface area contributed by atoms with Gasteiger partial charge >= 0.3 is 0 Å². The van der Waals surface area contributed by atoms with Crippen molar-refractivity contribution in [2.24, 2.45) is 0 Å². The normalized spacial score (nSPS) is 17.0. The minimum atomic E-state index is 0.473. The topological polar surface area (TPSA) is 24.5 Å². The monoisotopic (exact) mass is 282 g/mol. The number of hydrogen-bond donors (Lipinski definition) is 1. The first-order valence-corrected chi connectivity index (χ1v) is 7.53. The Labute approximate surface area is 126 Å². The highest BCUT2D eigenvalue weighted by molar-refractivity contribution is 5.72. The number of benzene rings is 2. The number of anilines is 2. The van der Waals surface area contributed by atoms with Gasteiger partial charge in [-0.3, -0.25) is 0 Å². The van der Waals surface area contributed by atoms with Crippen molar-refractivity contribution in [3.05, 3.63) is 54.1 Å². The lowest BCUT2D eigenvalue weighted by Crippen LogP contribution is -2.44. The van der Waals surface area contributed by atoms with Gasteiger partial charge in [-0.15, -0.1) is 0 Å². The van der Waals surface area contributed by atoms with Gasteiger partial charge < -0.3 is 15.0 Å². The smallest absolute Gasteiger partial charge is 0.122 e. The fourth-order valence-electron chi connectivity index (χ4n) is 2.79. The van der Waals surface area contributed by atoms with Crippen LogP contribution in [0, 0.1) is 6.92 Å². The summed E-state index contributed by atoms with van der Waals surface area (Å²) >= 11 is 0. The van der Waals surface area contributed by atoms with Crippen LogP contribution in [-0.2, 0) is 0 Å². The summed E-state index contributed by atoms with van der Waals surface area (Å²) in [7, 11) is 0. The van der Waals surface area contributed by atoms with E-state index in [2.05, 4.69) is 54.4 Å². The summed E-state index contributed by atoms with van der Waals surface area (Å²) in [5.41, 5.74) is 3.67. The molecule has 0 amide bonds. The van der Waals surface area contributed by atoms with Crippen molar-refractivity contribution in [1.82, 2.24) is 0 Å². The molecule has 21 heavy (non-hydrogen) atoms. The second-order valence-corrected chi connectivity index (χ2v) is 5.55. The average molecular weight is 282 g/mol. The van der Waals surface area contributed by atoms with Crippen LogP contribution >= 0.6 is 0 Å². The summed E-state index contributed by atoms with van der Waals surface area (Å²) in [6.45, 7) is 6.90. The molecule has 1 atom stereocenters. The Kier molecular flexibility index (Phi) is 4.00. The zero-order valence-electron chi connectivity index (χ0n) is 12.7. The Morgan fingerprint density at radius 2 is 1.90 bits per heavy atom. The van der Waals surface area contributed by atoms with Gasteiger partial charge in [0, 0.05) is 12.6 Å². The number of ether oxygens (including phenoxy) is 1. The third-order valence-corrected chi connectivity index (χ3v) is 4.02. The van der Waals surface area contributed by atoms with E-state index < -0.39 is 0 Å². The molecule has 2 aromatic carbocycles. The van der Waals surface area contributed by atoms with Gasteiger partial charge in [0.05, 0.1) is 17.9 Å². The van der Waals surface area contributed by atoms with Crippen LogP contribution in [0.25, 0.3) is 0 Å². The van der Waals surface area contributed by atoms with Crippen LogP contribution < -0.4 is 15.0 Å². The Morgan fingerprint density at radius 3 is 2.76 bits per heavy atom. The molecule has 1 N–H and O–H groups in total. The van der Waals surface area contributed by atoms with E-state index in [-0.39, 0.29) is 0 Å². The maximum Gasteiger partial charge on any atom is 0.122 e. The third-order valence-electron chi connectivity index (χ3n) is 4.02. The molecule has 3 nitrogen and oxygen atoms in total. The van der Waals surface area contributed by atoms with Crippen molar-refractivity contribution in [2.75, 3.05) is 29.9 Å². The molecule has 0 radical (unpaired) electrons. The summed E-state index contributed by atoms with van der Waals surface area (Å²) in [5.74, 6) is 0.980. The zero-order valence-corrected chi connectivity index (χ0v) is 12.7. The SMILES string of the molecule is Cc1ccccc1OCCN1c2ccccc2NCC1C. The maximum atomic E-state index is 5.94. The summed E-state index contributed by atoms with van der Waals surface area (Å²) in [6, 6.07) is 17.1. The minimum Gasteiger partial charge on any atom is -0.491 e. The minimum absolute atomic E-state index is 0.473. The lowest BCUT2D eigenvalue weighted by molar-refractivity contribution is 0.317. The van der Waals surface area contributed by atoms with E-state index in [1.807, 2.05) is 18.2 Å². The van der Waals surface area contributed by atoms with Gasteiger partial charge in [0.25, 0.3) is 0 Å². The van der Waals surface area contributed by atoms with Crippen LogP contribution in [0.4, 0.5) is 11.4 Å². The molecule has 1 aliphatic heterocycles. The molecule has 1 aliphatic rings. The first-order chi connectivity index (χ1) is 10.3. The first kappa shape index (κ1) is 13.8. The number of nitrogens with one attached hydrogen (secondary N) is 1. The van der Waals surface area contributed by atoms with E-state index in [0.29, 0.717) is 12.6 Å². The fraction of sp³-hybridized carbons (Fsp3) is 0.333. The molecular formula is C18H22N2O. The number of hydrogen-bond acceptors (Lipinski definition) is 3. The van der Waals surface area contributed by atoms with Gasteiger partial charge in [-0.25, -0.2) is 0 Å². The molecule has 0 aromatic heterocycles. The summed E-state index contributed by atoms with van der Waals surface area (Å²) < 4.78 is 5.94. The second kappa shape index (κ2) is 6.08. The Hall–Kier alpha value is -2.16. The van der Waals surface area contributed by atoms with Crippen LogP contribution in [0.2, 0.25) is 0 Å². The molecule has 0 aliphatic carbocycles. The van der Waals surface area contributed by atoms with Crippen LogP contribution in [-0.4, -0.2) is 25.7 Å². The standard InChI is InChI=1S/C18H22N2O/c1-14-7-3-6-10-18(14)21-12-11-20-15(2)13-19-16-8-4-5-9-17(16)20/h3-10,15,19H,11-13H2,1-2H3. The number of para-hydroxylation sites is 3. The van der Waals surface area contributed by atoms with Crippen molar-refractivity contribution in [3.8, 4) is 5.75 Å². The van der Waals surface area contributed by atoms with Gasteiger partial charge in [0.2, 0.25) is 0 Å². The molecule has 2 aromatic rings. The molecule has 110 valence electrons. The van der Waals surface area contributed by atoms with Crippen molar-refractivity contribution in [3.63, 3.8) is 0 Å². The van der Waals surface area contributed by atoms with Crippen LogP contribution in [0.3, 0.4) is 0 Å². The Bertz CT molecular complexity index is 612. The average Bonchev–Trinajstić information content (AvgIpc) is 2.51. The largest absolute Gasteiger partial charge is 0.491 e. The molecule has 3 heteroatoms. The molecule has 3 rings (SSSR count). The van der Waals surface area contributed by atoms with Crippen LogP contribution in [0.1, 0.15) is 12.5 Å². The van der Waals surface area contributed by atoms with E-state index in [0.717, 1.165) is 18.8 Å². The summed E-state index contributed by atoms with van der Waals surface area (Å²) in [5, 5.41) is 3.48. The predicted octanol–water partition coefficient (Wildman–Crippen LogP) is 3.69. The van der Waals surface area contributed by atoms with E-state index in [4.69, 9.17) is 4.74 Å². The molecule has 0 saturated carbocycles. The van der Waals surface area contributed by atoms with Gasteiger partial charge in [0.15, 0.2) is 0 Å². The number of aryl methyl sites for hydroxylation is 1. The van der Waals surface area contributed by atoms with Crippen LogP contribution in [0.15, 0.2) is 48.5 Å². The van der Waals surface area contributed by atoms with Gasteiger partial charge in [0.1, 0.15) is 12.4 Å². The number of rotatable bonds is 4. The number of nitrogens with zero attached hydrogens (tertiary/aromatic N) is 1. The highest BCUT2D eigenvalue weighted by Crippen LogP contribution is 2.30. The lowest BCUT2D eigenvalue weighted by Gasteiger charge is -2.37. The van der Waals surface area contributed by atoms with Crippen molar-refractivity contribution >= 4 is 11.4 Å². The fourth-order valence-corrected chi connectivity index (χ4v) is 2.79. The van der Waals surface area contributed by atoms with E-state index >= 15 is 0 Å². The molecule has 0 fully saturated rings. The van der Waals surface area contributed by atoms with Crippen molar-refractivity contribution in [2.45, 2.75) is 19.9 Å². The Balaban J connectivity index is 1.66. The zero-order chi connectivity index (χ0) is 14.7. The molecule has 0 spiro atoms. The van der Waals surface area contributed by atoms with Crippen molar-refractivity contribution < 1.29 is 4.74 Å². The molecule has 1 unspecified atom stereocenters. The van der Waals surface area contributed by atoms with Crippen LogP contribution in [0.5, 0.6) is 5.75 Å². The first-order valence-electron chi connectivity index (χ1n) is 7.53. The third kappa shape index (κ3) is 2.97. The van der Waals surface area contributed by atoms with Gasteiger partial charge in [-0.1, -0.05) is 30.3 Å². The quantitative estimate of drug-likeness (QED) is 0.925. The summed E-state index contributed by atoms with van der Waals surface area (Å²) in [6.07, 6.45) is 0.